The zero-order chi connectivity index (χ0) is 19.8. The van der Waals surface area contributed by atoms with Gasteiger partial charge in [0.25, 0.3) is 0 Å². The van der Waals surface area contributed by atoms with Crippen molar-refractivity contribution in [2.24, 2.45) is 15.9 Å². The van der Waals surface area contributed by atoms with Crippen molar-refractivity contribution in [2.75, 3.05) is 90.9 Å². The maximum Gasteiger partial charge on any atom is 0.152 e. The molecule has 3 N–H and O–H groups in total. The summed E-state index contributed by atoms with van der Waals surface area (Å²) in [5.74, 6) is 5.74. The third kappa shape index (κ3) is 12.8. The lowest BCUT2D eigenvalue weighted by Gasteiger charge is -2.25. The van der Waals surface area contributed by atoms with Crippen molar-refractivity contribution < 1.29 is 22.6 Å². The Morgan fingerprint density at radius 2 is 1.67 bits per heavy atom. The Hall–Kier alpha value is -1.11. The van der Waals surface area contributed by atoms with Gasteiger partial charge in [0, 0.05) is 32.4 Å². The van der Waals surface area contributed by atoms with Crippen LogP contribution in [-0.2, 0) is 24.0 Å². The van der Waals surface area contributed by atoms with E-state index in [-0.39, 0.29) is 11.5 Å². The topological polar surface area (TPSA) is 128 Å². The molecule has 1 heterocycles. The van der Waals surface area contributed by atoms with E-state index in [1.165, 1.54) is 0 Å². The molecule has 1 saturated heterocycles. The monoisotopic (exact) mass is 407 g/mol. The van der Waals surface area contributed by atoms with Gasteiger partial charge < -0.3 is 25.4 Å². The van der Waals surface area contributed by atoms with Crippen molar-refractivity contribution in [3.8, 4) is 0 Å². The predicted octanol–water partition coefficient (Wildman–Crippen LogP) is -1.63. The lowest BCUT2D eigenvalue weighted by Crippen LogP contribution is -2.43. The first-order valence-corrected chi connectivity index (χ1v) is 11.0. The summed E-state index contributed by atoms with van der Waals surface area (Å²) in [5, 5.41) is 6.71. The second-order valence-electron chi connectivity index (χ2n) is 6.02. The first-order valence-electron chi connectivity index (χ1n) is 9.14. The van der Waals surface area contributed by atoms with Crippen LogP contribution < -0.4 is 11.2 Å². The molecule has 10 nitrogen and oxygen atoms in total. The Balaban J connectivity index is 1.99. The highest BCUT2D eigenvalue weighted by Gasteiger charge is 2.21. The molecule has 0 unspecified atom stereocenters. The zero-order valence-corrected chi connectivity index (χ0v) is 17.0. The van der Waals surface area contributed by atoms with E-state index in [1.54, 1.807) is 6.21 Å². The number of likely N-dealkylation sites (N-methyl/N-ethyl adjacent to an activating group) is 1. The van der Waals surface area contributed by atoms with Crippen molar-refractivity contribution in [3.05, 3.63) is 0 Å². The second kappa shape index (κ2) is 14.9. The number of nitrogens with two attached hydrogens (primary N) is 1. The quantitative estimate of drug-likeness (QED) is 0.143. The van der Waals surface area contributed by atoms with E-state index in [0.29, 0.717) is 71.5 Å². The molecule has 0 spiro atoms. The highest BCUT2D eigenvalue weighted by atomic mass is 32.2. The minimum absolute atomic E-state index is 0.181. The van der Waals surface area contributed by atoms with Crippen molar-refractivity contribution >= 4 is 21.8 Å². The van der Waals surface area contributed by atoms with Crippen molar-refractivity contribution in [3.63, 3.8) is 0 Å². The lowest BCUT2D eigenvalue weighted by atomic mass is 10.3. The Morgan fingerprint density at radius 3 is 2.26 bits per heavy atom. The molecular formula is C16H33N5O5S. The standard InChI is InChI=1S/C16H33N5O5S/c1-18-2-6-24-8-10-26-11-9-25-7-3-19-14-16(20-17)15-21-4-12-27(22,23)13-5-21/h14,18H,2-13,15,17H2,1H3. The summed E-state index contributed by atoms with van der Waals surface area (Å²) in [6, 6.07) is 0. The van der Waals surface area contributed by atoms with Gasteiger partial charge in [-0.2, -0.15) is 5.10 Å². The molecule has 1 aliphatic heterocycles. The summed E-state index contributed by atoms with van der Waals surface area (Å²) in [6.07, 6.45) is 1.62. The maximum atomic E-state index is 11.4. The molecule has 1 aliphatic rings. The minimum Gasteiger partial charge on any atom is -0.378 e. The van der Waals surface area contributed by atoms with E-state index in [4.69, 9.17) is 20.1 Å². The van der Waals surface area contributed by atoms with Crippen LogP contribution in [0.25, 0.3) is 0 Å². The van der Waals surface area contributed by atoms with E-state index in [9.17, 15) is 8.42 Å². The summed E-state index contributed by atoms with van der Waals surface area (Å²) in [6.45, 7) is 6.16. The number of hydrogen-bond donors (Lipinski definition) is 2. The number of sulfone groups is 1. The molecule has 0 aromatic heterocycles. The highest BCUT2D eigenvalue weighted by molar-refractivity contribution is 7.91. The minimum atomic E-state index is -2.88. The van der Waals surface area contributed by atoms with Gasteiger partial charge in [0.15, 0.2) is 9.84 Å². The molecule has 158 valence electrons. The predicted molar refractivity (Wildman–Crippen MR) is 106 cm³/mol. The lowest BCUT2D eigenvalue weighted by molar-refractivity contribution is 0.0168. The Bertz CT molecular complexity index is 527. The largest absolute Gasteiger partial charge is 0.378 e. The van der Waals surface area contributed by atoms with E-state index in [2.05, 4.69) is 15.4 Å². The van der Waals surface area contributed by atoms with Gasteiger partial charge in [0.05, 0.1) is 63.4 Å². The molecule has 11 heteroatoms. The first-order chi connectivity index (χ1) is 13.1. The highest BCUT2D eigenvalue weighted by Crippen LogP contribution is 2.03. The molecule has 0 bridgehead atoms. The van der Waals surface area contributed by atoms with Gasteiger partial charge in [-0.15, -0.1) is 0 Å². The van der Waals surface area contributed by atoms with Crippen LogP contribution in [0.1, 0.15) is 0 Å². The van der Waals surface area contributed by atoms with Gasteiger partial charge >= 0.3 is 0 Å². The fraction of sp³-hybridized carbons (Fsp3) is 0.875. The van der Waals surface area contributed by atoms with Crippen LogP contribution in [0.3, 0.4) is 0 Å². The number of aliphatic imine (C=N–C) groups is 1. The summed E-state index contributed by atoms with van der Waals surface area (Å²) in [7, 11) is -0.999. The van der Waals surface area contributed by atoms with Gasteiger partial charge in [-0.05, 0) is 7.05 Å². The number of hydrazone groups is 1. The SMILES string of the molecule is CNCCOCCOCCOCCN=CC(CN1CCS(=O)(=O)CC1)=NN. The second-order valence-corrected chi connectivity index (χ2v) is 8.33. The number of nitrogens with one attached hydrogen (secondary N) is 1. The van der Waals surface area contributed by atoms with Crippen molar-refractivity contribution in [1.82, 2.24) is 10.2 Å². The molecule has 0 radical (unpaired) electrons. The summed E-state index contributed by atoms with van der Waals surface area (Å²) in [5.41, 5.74) is 0.621. The van der Waals surface area contributed by atoms with E-state index >= 15 is 0 Å². The molecule has 0 aliphatic carbocycles. The van der Waals surface area contributed by atoms with Gasteiger partial charge in [-0.3, -0.25) is 9.89 Å². The van der Waals surface area contributed by atoms with Crippen LogP contribution in [0, 0.1) is 0 Å². The smallest absolute Gasteiger partial charge is 0.152 e. The molecule has 1 rings (SSSR count). The van der Waals surface area contributed by atoms with Crippen LogP contribution in [-0.4, -0.2) is 116 Å². The Morgan fingerprint density at radius 1 is 1.07 bits per heavy atom. The Labute approximate surface area is 162 Å². The maximum absolute atomic E-state index is 11.4. The van der Waals surface area contributed by atoms with Crippen molar-refractivity contribution in [1.29, 1.82) is 0 Å². The molecule has 27 heavy (non-hydrogen) atoms. The summed E-state index contributed by atoms with van der Waals surface area (Å²) < 4.78 is 39.0. The molecule has 0 aromatic carbocycles. The average Bonchev–Trinajstić information content (AvgIpc) is 2.66. The summed E-state index contributed by atoms with van der Waals surface area (Å²) in [4.78, 5) is 6.25. The Kier molecular flexibility index (Phi) is 13.2. The van der Waals surface area contributed by atoms with E-state index in [0.717, 1.165) is 6.54 Å². The van der Waals surface area contributed by atoms with Crippen LogP contribution in [0.15, 0.2) is 10.1 Å². The molecule has 1 fully saturated rings. The number of rotatable bonds is 15. The van der Waals surface area contributed by atoms with Crippen LogP contribution >= 0.6 is 0 Å². The third-order valence-corrected chi connectivity index (χ3v) is 5.44. The van der Waals surface area contributed by atoms with Gasteiger partial charge in [-0.1, -0.05) is 0 Å². The van der Waals surface area contributed by atoms with Crippen LogP contribution in [0.2, 0.25) is 0 Å². The van der Waals surface area contributed by atoms with Gasteiger partial charge in [0.2, 0.25) is 0 Å². The van der Waals surface area contributed by atoms with E-state index in [1.807, 2.05) is 11.9 Å². The average molecular weight is 408 g/mol. The van der Waals surface area contributed by atoms with Gasteiger partial charge in [-0.25, -0.2) is 8.42 Å². The molecule has 0 aromatic rings. The van der Waals surface area contributed by atoms with Gasteiger partial charge in [0.1, 0.15) is 0 Å². The molecular weight excluding hydrogens is 374 g/mol. The number of nitrogens with zero attached hydrogens (tertiary/aromatic N) is 3. The zero-order valence-electron chi connectivity index (χ0n) is 16.1. The summed E-state index contributed by atoms with van der Waals surface area (Å²) >= 11 is 0. The molecule has 0 amide bonds. The number of ether oxygens (including phenoxy) is 3. The fourth-order valence-electron chi connectivity index (χ4n) is 2.26. The van der Waals surface area contributed by atoms with Crippen molar-refractivity contribution in [2.45, 2.75) is 0 Å². The number of hydrogen-bond acceptors (Lipinski definition) is 10. The van der Waals surface area contributed by atoms with E-state index < -0.39 is 9.84 Å². The van der Waals surface area contributed by atoms with Crippen LogP contribution in [0.4, 0.5) is 0 Å². The third-order valence-electron chi connectivity index (χ3n) is 3.83. The van der Waals surface area contributed by atoms with Crippen LogP contribution in [0.5, 0.6) is 0 Å². The molecule has 0 atom stereocenters. The normalized spacial score (nSPS) is 18.3. The fourth-order valence-corrected chi connectivity index (χ4v) is 3.53. The molecule has 0 saturated carbocycles. The first kappa shape index (κ1) is 23.9.